The highest BCUT2D eigenvalue weighted by molar-refractivity contribution is 5.99. The van der Waals surface area contributed by atoms with Crippen molar-refractivity contribution in [2.75, 3.05) is 12.3 Å². The van der Waals surface area contributed by atoms with Crippen LogP contribution in [0.15, 0.2) is 18.2 Å². The highest BCUT2D eigenvalue weighted by Crippen LogP contribution is 2.21. The maximum Gasteiger partial charge on any atom is 0.253 e. The van der Waals surface area contributed by atoms with Crippen molar-refractivity contribution in [1.29, 1.82) is 0 Å². The molecule has 0 fully saturated rings. The average Bonchev–Trinajstić information content (AvgIpc) is 2.32. The molecule has 1 aromatic carbocycles. The fraction of sp³-hybridized carbons (Fsp3) is 0.462. The maximum atomic E-state index is 12.1. The van der Waals surface area contributed by atoms with E-state index in [9.17, 15) is 9.90 Å². The summed E-state index contributed by atoms with van der Waals surface area (Å²) in [6.07, 6.45) is 1.16. The number of nitrogens with one attached hydrogen (secondary N) is 1. The minimum absolute atomic E-state index is 0.000141. The summed E-state index contributed by atoms with van der Waals surface area (Å²) >= 11 is 0. The first kappa shape index (κ1) is 14.3. The number of anilines is 1. The molecule has 0 aliphatic heterocycles. The Balaban J connectivity index is 2.90. The Bertz CT molecular complexity index is 434. The van der Waals surface area contributed by atoms with Crippen LogP contribution < -0.4 is 11.1 Å². The number of nitrogen functional groups attached to an aromatic ring is 1. The van der Waals surface area contributed by atoms with Crippen LogP contribution in [0.1, 0.15) is 37.0 Å². The number of rotatable bonds is 5. The molecule has 1 rings (SSSR count). The van der Waals surface area contributed by atoms with Crippen LogP contribution in [0.3, 0.4) is 0 Å². The fourth-order valence-electron chi connectivity index (χ4n) is 1.66. The number of carbonyl (C=O) groups excluding carboxylic acids is 1. The van der Waals surface area contributed by atoms with Crippen molar-refractivity contribution in [1.82, 2.24) is 5.32 Å². The van der Waals surface area contributed by atoms with Gasteiger partial charge in [0.05, 0.1) is 5.56 Å². The Kier molecular flexibility index (Phi) is 4.55. The van der Waals surface area contributed by atoms with E-state index >= 15 is 0 Å². The van der Waals surface area contributed by atoms with Crippen molar-refractivity contribution in [2.45, 2.75) is 32.2 Å². The van der Waals surface area contributed by atoms with Crippen LogP contribution >= 0.6 is 0 Å². The molecular formula is C13H20N2O3. The van der Waals surface area contributed by atoms with Gasteiger partial charge in [-0.15, -0.1) is 0 Å². The summed E-state index contributed by atoms with van der Waals surface area (Å²) in [4.78, 5) is 12.1. The normalized spacial score (nSPS) is 13.9. The number of amides is 1. The van der Waals surface area contributed by atoms with Crippen LogP contribution in [0.5, 0.6) is 5.75 Å². The number of hydrogen-bond donors (Lipinski definition) is 4. The molecule has 0 bridgehead atoms. The first-order valence-corrected chi connectivity index (χ1v) is 5.93. The smallest absolute Gasteiger partial charge is 0.253 e. The van der Waals surface area contributed by atoms with Crippen molar-refractivity contribution in [3.8, 4) is 5.75 Å². The molecule has 0 spiro atoms. The summed E-state index contributed by atoms with van der Waals surface area (Å²) in [6.45, 7) is 3.79. The zero-order chi connectivity index (χ0) is 13.8. The van der Waals surface area contributed by atoms with Gasteiger partial charge in [-0.25, -0.2) is 0 Å². The molecule has 0 saturated carbocycles. The molecule has 0 radical (unpaired) electrons. The van der Waals surface area contributed by atoms with Crippen molar-refractivity contribution in [3.05, 3.63) is 23.8 Å². The van der Waals surface area contributed by atoms with Crippen molar-refractivity contribution in [3.63, 3.8) is 0 Å². The molecule has 0 aliphatic rings. The highest BCUT2D eigenvalue weighted by Gasteiger charge is 2.25. The number of phenolic OH excluding ortho intramolecular Hbond substituents is 1. The number of carbonyl (C=O) groups is 1. The van der Waals surface area contributed by atoms with E-state index in [1.54, 1.807) is 0 Å². The number of benzene rings is 1. The molecule has 5 heteroatoms. The Morgan fingerprint density at radius 2 is 2.17 bits per heavy atom. The van der Waals surface area contributed by atoms with Gasteiger partial charge in [0, 0.05) is 17.8 Å². The summed E-state index contributed by atoms with van der Waals surface area (Å²) in [5.74, 6) is -0.351. The Hall–Kier alpha value is -1.75. The second kappa shape index (κ2) is 5.73. The third-order valence-electron chi connectivity index (χ3n) is 3.14. The maximum absolute atomic E-state index is 12.1. The molecule has 5 N–H and O–H groups in total. The van der Waals surface area contributed by atoms with E-state index in [1.807, 2.05) is 13.8 Å². The summed E-state index contributed by atoms with van der Waals surface area (Å²) in [6, 6.07) is 4.25. The molecule has 1 aromatic rings. The molecule has 1 unspecified atom stereocenters. The molecule has 0 heterocycles. The second-order valence-corrected chi connectivity index (χ2v) is 4.61. The number of aliphatic hydroxyl groups is 1. The number of aliphatic hydroxyl groups excluding tert-OH is 1. The number of nitrogens with two attached hydrogens (primary N) is 1. The minimum atomic E-state index is -0.482. The molecule has 0 aliphatic carbocycles. The summed E-state index contributed by atoms with van der Waals surface area (Å²) in [7, 11) is 0. The lowest BCUT2D eigenvalue weighted by molar-refractivity contribution is 0.0886. The van der Waals surface area contributed by atoms with Crippen LogP contribution in [0.25, 0.3) is 0 Å². The molecule has 0 aromatic heterocycles. The zero-order valence-electron chi connectivity index (χ0n) is 10.7. The Labute approximate surface area is 107 Å². The van der Waals surface area contributed by atoms with Crippen molar-refractivity contribution in [2.24, 2.45) is 0 Å². The Morgan fingerprint density at radius 1 is 1.50 bits per heavy atom. The second-order valence-electron chi connectivity index (χ2n) is 4.61. The van der Waals surface area contributed by atoms with E-state index < -0.39 is 5.54 Å². The van der Waals surface area contributed by atoms with Crippen molar-refractivity contribution < 1.29 is 15.0 Å². The average molecular weight is 252 g/mol. The third-order valence-corrected chi connectivity index (χ3v) is 3.14. The predicted molar refractivity (Wildman–Crippen MR) is 70.4 cm³/mol. The number of phenols is 1. The summed E-state index contributed by atoms with van der Waals surface area (Å²) in [5, 5.41) is 21.2. The van der Waals surface area contributed by atoms with Gasteiger partial charge in [0.2, 0.25) is 0 Å². The Morgan fingerprint density at radius 3 is 2.72 bits per heavy atom. The first-order chi connectivity index (χ1) is 8.41. The van der Waals surface area contributed by atoms with Gasteiger partial charge in [0.15, 0.2) is 0 Å². The SMILES string of the molecule is CCC(C)(CCO)NC(=O)c1cc(O)ccc1N. The lowest BCUT2D eigenvalue weighted by Crippen LogP contribution is -2.46. The van der Waals surface area contributed by atoms with Gasteiger partial charge in [0.1, 0.15) is 5.75 Å². The van der Waals surface area contributed by atoms with E-state index in [1.165, 1.54) is 18.2 Å². The molecule has 1 atom stereocenters. The van der Waals surface area contributed by atoms with Crippen LogP contribution in [0, 0.1) is 0 Å². The number of aromatic hydroxyl groups is 1. The van der Waals surface area contributed by atoms with E-state index in [2.05, 4.69) is 5.32 Å². The highest BCUT2D eigenvalue weighted by atomic mass is 16.3. The van der Waals surface area contributed by atoms with Crippen molar-refractivity contribution >= 4 is 11.6 Å². The van der Waals surface area contributed by atoms with Gasteiger partial charge >= 0.3 is 0 Å². The van der Waals surface area contributed by atoms with E-state index in [0.717, 1.165) is 0 Å². The van der Waals surface area contributed by atoms with Crippen LogP contribution in [0.4, 0.5) is 5.69 Å². The standard InChI is InChI=1S/C13H20N2O3/c1-3-13(2,6-7-16)15-12(18)10-8-9(17)4-5-11(10)14/h4-5,8,16-17H,3,6-7,14H2,1-2H3,(H,15,18). The molecule has 5 nitrogen and oxygen atoms in total. The lowest BCUT2D eigenvalue weighted by atomic mass is 9.94. The monoisotopic (exact) mass is 252 g/mol. The van der Waals surface area contributed by atoms with E-state index in [-0.39, 0.29) is 23.8 Å². The van der Waals surface area contributed by atoms with Crippen LogP contribution in [0.2, 0.25) is 0 Å². The summed E-state index contributed by atoms with van der Waals surface area (Å²) < 4.78 is 0. The van der Waals surface area contributed by atoms with Gasteiger partial charge in [-0.1, -0.05) is 6.92 Å². The van der Waals surface area contributed by atoms with E-state index in [0.29, 0.717) is 18.5 Å². The van der Waals surface area contributed by atoms with Gasteiger partial charge in [-0.2, -0.15) is 0 Å². The van der Waals surface area contributed by atoms with Gasteiger partial charge < -0.3 is 21.3 Å². The predicted octanol–water partition coefficient (Wildman–Crippen LogP) is 1.26. The zero-order valence-corrected chi connectivity index (χ0v) is 10.7. The van der Waals surface area contributed by atoms with Gasteiger partial charge in [0.25, 0.3) is 5.91 Å². The molecule has 1 amide bonds. The molecule has 100 valence electrons. The molecular weight excluding hydrogens is 232 g/mol. The molecule has 0 saturated heterocycles. The van der Waals surface area contributed by atoms with Gasteiger partial charge in [-0.05, 0) is 38.0 Å². The quantitative estimate of drug-likeness (QED) is 0.468. The topological polar surface area (TPSA) is 95.6 Å². The summed E-state index contributed by atoms with van der Waals surface area (Å²) in [5.41, 5.74) is 5.78. The van der Waals surface area contributed by atoms with Gasteiger partial charge in [-0.3, -0.25) is 4.79 Å². The van der Waals surface area contributed by atoms with E-state index in [4.69, 9.17) is 10.8 Å². The fourth-order valence-corrected chi connectivity index (χ4v) is 1.66. The minimum Gasteiger partial charge on any atom is -0.508 e. The number of hydrogen-bond acceptors (Lipinski definition) is 4. The lowest BCUT2D eigenvalue weighted by Gasteiger charge is -2.29. The largest absolute Gasteiger partial charge is 0.508 e. The third kappa shape index (κ3) is 3.37. The molecule has 18 heavy (non-hydrogen) atoms. The van der Waals surface area contributed by atoms with Crippen LogP contribution in [-0.2, 0) is 0 Å². The first-order valence-electron chi connectivity index (χ1n) is 5.93. The van der Waals surface area contributed by atoms with Crippen LogP contribution in [-0.4, -0.2) is 28.3 Å².